The molecule has 1 N–H and O–H groups in total. The minimum Gasteiger partial charge on any atom is -0.493 e. The van der Waals surface area contributed by atoms with Gasteiger partial charge >= 0.3 is 0 Å². The number of rotatable bonds is 7. The molecule has 0 saturated carbocycles. The van der Waals surface area contributed by atoms with Gasteiger partial charge in [0.05, 0.1) is 24.5 Å². The van der Waals surface area contributed by atoms with E-state index in [0.29, 0.717) is 36.0 Å². The molecule has 0 saturated heterocycles. The lowest BCUT2D eigenvalue weighted by atomic mass is 10.1. The molecule has 0 aliphatic carbocycles. The Morgan fingerprint density at radius 2 is 1.87 bits per heavy atom. The predicted molar refractivity (Wildman–Crippen MR) is 95.5 cm³/mol. The van der Waals surface area contributed by atoms with Crippen LogP contribution in [-0.4, -0.2) is 19.1 Å². The van der Waals surface area contributed by atoms with Crippen LogP contribution in [0, 0.1) is 0 Å². The molecule has 0 atom stereocenters. The molecule has 0 aliphatic rings. The number of para-hydroxylation sites is 2. The molecule has 2 rings (SSSR count). The van der Waals surface area contributed by atoms with Gasteiger partial charge in [-0.25, -0.2) is 0 Å². The summed E-state index contributed by atoms with van der Waals surface area (Å²) in [5.41, 5.74) is 1.12. The lowest BCUT2D eigenvalue weighted by Crippen LogP contribution is -2.15. The third-order valence-electron chi connectivity index (χ3n) is 3.08. The number of hydrogen-bond donors (Lipinski definition) is 1. The number of ether oxygens (including phenoxy) is 2. The van der Waals surface area contributed by atoms with Crippen molar-refractivity contribution in [3.63, 3.8) is 0 Å². The summed E-state index contributed by atoms with van der Waals surface area (Å²) in [6.45, 7) is 5.03. The number of carbonyl (C=O) groups is 1. The van der Waals surface area contributed by atoms with Gasteiger partial charge in [0.15, 0.2) is 0 Å². The van der Waals surface area contributed by atoms with Crippen LogP contribution in [0.5, 0.6) is 11.5 Å². The Kier molecular flexibility index (Phi) is 6.47. The van der Waals surface area contributed by atoms with Gasteiger partial charge in [-0.05, 0) is 43.7 Å². The first kappa shape index (κ1) is 17.3. The number of anilines is 1. The van der Waals surface area contributed by atoms with E-state index in [9.17, 15) is 4.79 Å². The highest BCUT2D eigenvalue weighted by Crippen LogP contribution is 2.28. The Hall–Kier alpha value is -2.01. The van der Waals surface area contributed by atoms with Crippen molar-refractivity contribution in [3.05, 3.63) is 52.5 Å². The molecule has 0 fully saturated rings. The fraction of sp³-hybridized carbons (Fsp3) is 0.278. The maximum absolute atomic E-state index is 12.6. The third kappa shape index (κ3) is 4.73. The summed E-state index contributed by atoms with van der Waals surface area (Å²) < 4.78 is 12.0. The molecule has 0 radical (unpaired) electrons. The number of nitrogens with one attached hydrogen (secondary N) is 1. The minimum absolute atomic E-state index is 0.232. The quantitative estimate of drug-likeness (QED) is 0.746. The van der Waals surface area contributed by atoms with Crippen molar-refractivity contribution in [3.8, 4) is 11.5 Å². The molecule has 4 nitrogen and oxygen atoms in total. The maximum Gasteiger partial charge on any atom is 0.259 e. The molecule has 0 heterocycles. The Labute approximate surface area is 144 Å². The monoisotopic (exact) mass is 377 g/mol. The number of hydrogen-bond acceptors (Lipinski definition) is 3. The summed E-state index contributed by atoms with van der Waals surface area (Å²) >= 11 is 3.40. The second-order valence-electron chi connectivity index (χ2n) is 4.87. The van der Waals surface area contributed by atoms with Crippen LogP contribution < -0.4 is 14.8 Å². The highest BCUT2D eigenvalue weighted by Gasteiger charge is 2.15. The molecule has 2 aromatic carbocycles. The van der Waals surface area contributed by atoms with Crippen molar-refractivity contribution in [1.82, 2.24) is 0 Å². The average Bonchev–Trinajstić information content (AvgIpc) is 2.55. The first-order valence-corrected chi connectivity index (χ1v) is 8.40. The predicted octanol–water partition coefficient (Wildman–Crippen LogP) is 4.89. The van der Waals surface area contributed by atoms with E-state index in [0.717, 1.165) is 10.9 Å². The SMILES string of the molecule is CCCOc1ccc(Br)cc1C(=O)Nc1ccccc1OCC. The molecule has 0 aromatic heterocycles. The van der Waals surface area contributed by atoms with Gasteiger partial charge in [0.25, 0.3) is 5.91 Å². The highest BCUT2D eigenvalue weighted by molar-refractivity contribution is 9.10. The Bertz CT molecular complexity index is 673. The van der Waals surface area contributed by atoms with Crippen LogP contribution in [0.1, 0.15) is 30.6 Å². The zero-order valence-corrected chi connectivity index (χ0v) is 14.9. The van der Waals surface area contributed by atoms with E-state index in [2.05, 4.69) is 21.2 Å². The van der Waals surface area contributed by atoms with Crippen LogP contribution in [0.25, 0.3) is 0 Å². The van der Waals surface area contributed by atoms with E-state index in [1.807, 2.05) is 44.2 Å². The standard InChI is InChI=1S/C18H20BrNO3/c1-3-11-23-16-10-9-13(19)12-14(16)18(21)20-15-7-5-6-8-17(15)22-4-2/h5-10,12H,3-4,11H2,1-2H3,(H,20,21). The zero-order chi connectivity index (χ0) is 16.7. The van der Waals surface area contributed by atoms with Gasteiger partial charge in [-0.15, -0.1) is 0 Å². The van der Waals surface area contributed by atoms with Crippen LogP contribution in [0.2, 0.25) is 0 Å². The second kappa shape index (κ2) is 8.58. The molecule has 122 valence electrons. The number of halogens is 1. The van der Waals surface area contributed by atoms with Gasteiger partial charge < -0.3 is 14.8 Å². The first-order valence-electron chi connectivity index (χ1n) is 7.61. The molecule has 5 heteroatoms. The second-order valence-corrected chi connectivity index (χ2v) is 5.79. The minimum atomic E-state index is -0.232. The van der Waals surface area contributed by atoms with Crippen molar-refractivity contribution in [2.45, 2.75) is 20.3 Å². The average molecular weight is 378 g/mol. The summed E-state index contributed by atoms with van der Waals surface area (Å²) in [6.07, 6.45) is 0.879. The first-order chi connectivity index (χ1) is 11.2. The highest BCUT2D eigenvalue weighted by atomic mass is 79.9. The fourth-order valence-electron chi connectivity index (χ4n) is 2.06. The van der Waals surface area contributed by atoms with E-state index in [-0.39, 0.29) is 5.91 Å². The van der Waals surface area contributed by atoms with E-state index in [1.165, 1.54) is 0 Å². The summed E-state index contributed by atoms with van der Waals surface area (Å²) in [6, 6.07) is 12.8. The lowest BCUT2D eigenvalue weighted by molar-refractivity contribution is 0.102. The summed E-state index contributed by atoms with van der Waals surface area (Å²) in [7, 11) is 0. The molecule has 2 aromatic rings. The van der Waals surface area contributed by atoms with E-state index in [4.69, 9.17) is 9.47 Å². The van der Waals surface area contributed by atoms with E-state index in [1.54, 1.807) is 12.1 Å². The van der Waals surface area contributed by atoms with Crippen molar-refractivity contribution in [1.29, 1.82) is 0 Å². The third-order valence-corrected chi connectivity index (χ3v) is 3.58. The van der Waals surface area contributed by atoms with Gasteiger partial charge in [0, 0.05) is 4.47 Å². The van der Waals surface area contributed by atoms with Crippen LogP contribution in [0.4, 0.5) is 5.69 Å². The largest absolute Gasteiger partial charge is 0.493 e. The number of benzene rings is 2. The van der Waals surface area contributed by atoms with Crippen LogP contribution >= 0.6 is 15.9 Å². The van der Waals surface area contributed by atoms with Crippen molar-refractivity contribution < 1.29 is 14.3 Å². The molecule has 1 amide bonds. The fourth-order valence-corrected chi connectivity index (χ4v) is 2.42. The smallest absolute Gasteiger partial charge is 0.259 e. The molecular weight excluding hydrogens is 358 g/mol. The summed E-state index contributed by atoms with van der Waals surface area (Å²) in [4.78, 5) is 12.6. The topological polar surface area (TPSA) is 47.6 Å². The van der Waals surface area contributed by atoms with Crippen LogP contribution in [-0.2, 0) is 0 Å². The Morgan fingerprint density at radius 1 is 1.09 bits per heavy atom. The summed E-state index contributed by atoms with van der Waals surface area (Å²) in [5, 5.41) is 2.89. The molecule has 23 heavy (non-hydrogen) atoms. The van der Waals surface area contributed by atoms with Crippen molar-refractivity contribution >= 4 is 27.5 Å². The number of carbonyl (C=O) groups excluding carboxylic acids is 1. The van der Waals surface area contributed by atoms with Gasteiger partial charge in [-0.2, -0.15) is 0 Å². The number of amides is 1. The van der Waals surface area contributed by atoms with Gasteiger partial charge in [-0.1, -0.05) is 35.0 Å². The van der Waals surface area contributed by atoms with Gasteiger partial charge in [0.1, 0.15) is 11.5 Å². The van der Waals surface area contributed by atoms with Crippen molar-refractivity contribution in [2.75, 3.05) is 18.5 Å². The Balaban J connectivity index is 2.25. The zero-order valence-electron chi connectivity index (χ0n) is 13.3. The maximum atomic E-state index is 12.6. The van der Waals surface area contributed by atoms with E-state index >= 15 is 0 Å². The van der Waals surface area contributed by atoms with Crippen molar-refractivity contribution in [2.24, 2.45) is 0 Å². The Morgan fingerprint density at radius 3 is 2.61 bits per heavy atom. The molecule has 0 spiro atoms. The van der Waals surface area contributed by atoms with Crippen LogP contribution in [0.3, 0.4) is 0 Å². The van der Waals surface area contributed by atoms with Gasteiger partial charge in [0.2, 0.25) is 0 Å². The molecular formula is C18H20BrNO3. The lowest BCUT2D eigenvalue weighted by Gasteiger charge is -2.14. The molecule has 0 aliphatic heterocycles. The molecule has 0 bridgehead atoms. The normalized spacial score (nSPS) is 10.2. The molecule has 0 unspecified atom stereocenters. The van der Waals surface area contributed by atoms with Gasteiger partial charge in [-0.3, -0.25) is 4.79 Å². The van der Waals surface area contributed by atoms with Crippen LogP contribution in [0.15, 0.2) is 46.9 Å². The summed E-state index contributed by atoms with van der Waals surface area (Å²) in [5.74, 6) is 0.986. The van der Waals surface area contributed by atoms with E-state index < -0.39 is 0 Å².